The lowest BCUT2D eigenvalue weighted by Gasteiger charge is -2.32. The van der Waals surface area contributed by atoms with Crippen LogP contribution in [-0.2, 0) is 11.2 Å². The first kappa shape index (κ1) is 18.6. The minimum absolute atomic E-state index is 0.00972. The minimum atomic E-state index is -0.624. The van der Waals surface area contributed by atoms with Crippen molar-refractivity contribution in [2.75, 3.05) is 18.1 Å². The predicted octanol–water partition coefficient (Wildman–Crippen LogP) is 4.35. The van der Waals surface area contributed by atoms with Crippen LogP contribution in [0, 0.1) is 5.82 Å². The van der Waals surface area contributed by atoms with Crippen molar-refractivity contribution in [3.05, 3.63) is 39.4 Å². The first-order valence-corrected chi connectivity index (χ1v) is 10.9. The molecule has 1 atom stereocenters. The number of esters is 1. The zero-order valence-electron chi connectivity index (χ0n) is 16.9. The summed E-state index contributed by atoms with van der Waals surface area (Å²) in [5, 5.41) is 0.315. The summed E-state index contributed by atoms with van der Waals surface area (Å²) < 4.78 is 22.6. The van der Waals surface area contributed by atoms with Gasteiger partial charge >= 0.3 is 5.97 Å². The van der Waals surface area contributed by atoms with Gasteiger partial charge in [-0.25, -0.2) is 9.18 Å². The molecule has 154 valence electrons. The fraction of sp³-hybridized carbons (Fsp3) is 0.565. The van der Waals surface area contributed by atoms with Crippen LogP contribution < -0.4 is 10.3 Å². The number of nitrogens with zero attached hydrogens (tertiary/aromatic N) is 2. The Labute approximate surface area is 169 Å². The van der Waals surface area contributed by atoms with Gasteiger partial charge in [0.1, 0.15) is 11.4 Å². The number of anilines is 1. The number of rotatable bonds is 3. The fourth-order valence-corrected chi connectivity index (χ4v) is 5.21. The lowest BCUT2D eigenvalue weighted by atomic mass is 9.94. The standard InChI is InChI=1S/C23H27FN2O3/c1-2-29-23(28)18-13-26(15-9-10-15)20-16-8-4-3-6-14-7-5-11-25(14)21(16)19(24)12-17(20)22(18)27/h12-15H,2-11H2,1H3. The molecule has 6 heteroatoms. The third-order valence-corrected chi connectivity index (χ3v) is 6.65. The molecule has 2 fully saturated rings. The Balaban J connectivity index is 1.81. The zero-order chi connectivity index (χ0) is 20.1. The third kappa shape index (κ3) is 3.04. The largest absolute Gasteiger partial charge is 0.462 e. The maximum absolute atomic E-state index is 15.5. The quantitative estimate of drug-likeness (QED) is 0.722. The molecule has 0 radical (unpaired) electrons. The molecule has 3 aliphatic rings. The lowest BCUT2D eigenvalue weighted by molar-refractivity contribution is 0.0524. The van der Waals surface area contributed by atoms with E-state index in [4.69, 9.17) is 4.74 Å². The highest BCUT2D eigenvalue weighted by atomic mass is 19.1. The van der Waals surface area contributed by atoms with Gasteiger partial charge in [0.05, 0.1) is 17.8 Å². The zero-order valence-corrected chi connectivity index (χ0v) is 16.9. The summed E-state index contributed by atoms with van der Waals surface area (Å²) in [6, 6.07) is 2.02. The highest BCUT2D eigenvalue weighted by molar-refractivity contribution is 5.96. The highest BCUT2D eigenvalue weighted by Gasteiger charge is 2.34. The minimum Gasteiger partial charge on any atom is -0.462 e. The molecular weight excluding hydrogens is 371 g/mol. The molecule has 0 N–H and O–H groups in total. The molecule has 1 saturated heterocycles. The van der Waals surface area contributed by atoms with E-state index in [1.54, 1.807) is 13.1 Å². The van der Waals surface area contributed by atoms with Gasteiger partial charge < -0.3 is 14.2 Å². The Kier molecular flexibility index (Phi) is 4.60. The second kappa shape index (κ2) is 7.15. The van der Waals surface area contributed by atoms with Gasteiger partial charge in [-0.3, -0.25) is 4.79 Å². The van der Waals surface area contributed by atoms with Crippen LogP contribution in [-0.4, -0.2) is 29.7 Å². The summed E-state index contributed by atoms with van der Waals surface area (Å²) in [4.78, 5) is 27.8. The summed E-state index contributed by atoms with van der Waals surface area (Å²) in [6.45, 7) is 2.79. The van der Waals surface area contributed by atoms with Crippen molar-refractivity contribution < 1.29 is 13.9 Å². The van der Waals surface area contributed by atoms with Crippen molar-refractivity contribution in [3.8, 4) is 0 Å². The van der Waals surface area contributed by atoms with Crippen molar-refractivity contribution in [3.63, 3.8) is 0 Å². The van der Waals surface area contributed by atoms with Crippen LogP contribution in [0.5, 0.6) is 0 Å². The normalized spacial score (nSPS) is 21.4. The van der Waals surface area contributed by atoms with Crippen molar-refractivity contribution >= 4 is 22.6 Å². The van der Waals surface area contributed by atoms with Gasteiger partial charge in [0, 0.05) is 35.8 Å². The molecular formula is C23H27FN2O3. The van der Waals surface area contributed by atoms with Crippen LogP contribution >= 0.6 is 0 Å². The average molecular weight is 398 g/mol. The van der Waals surface area contributed by atoms with Gasteiger partial charge in [-0.05, 0) is 57.9 Å². The molecule has 1 unspecified atom stereocenters. The molecule has 2 aromatic rings. The Hall–Kier alpha value is -2.37. The SMILES string of the molecule is CCOC(=O)c1cn(C2CC2)c2c3c(c(F)cc2c1=O)N1CCCC1CCCC3. The summed E-state index contributed by atoms with van der Waals surface area (Å²) in [7, 11) is 0. The maximum atomic E-state index is 15.5. The Bertz CT molecular complexity index is 1040. The van der Waals surface area contributed by atoms with E-state index in [9.17, 15) is 9.59 Å². The third-order valence-electron chi connectivity index (χ3n) is 6.65. The van der Waals surface area contributed by atoms with Crippen LogP contribution in [0.2, 0.25) is 0 Å². The average Bonchev–Trinajstić information content (AvgIpc) is 3.43. The molecule has 2 aliphatic heterocycles. The molecule has 5 rings (SSSR count). The van der Waals surface area contributed by atoms with Gasteiger partial charge in [0.2, 0.25) is 5.43 Å². The first-order chi connectivity index (χ1) is 14.1. The van der Waals surface area contributed by atoms with Gasteiger partial charge in [-0.2, -0.15) is 0 Å². The molecule has 5 nitrogen and oxygen atoms in total. The molecule has 0 amide bonds. The summed E-state index contributed by atoms with van der Waals surface area (Å²) >= 11 is 0. The van der Waals surface area contributed by atoms with Crippen molar-refractivity contribution in [1.82, 2.24) is 4.57 Å². The van der Waals surface area contributed by atoms with Crippen LogP contribution in [0.4, 0.5) is 10.1 Å². The Morgan fingerprint density at radius 2 is 1.97 bits per heavy atom. The van der Waals surface area contributed by atoms with Crippen LogP contribution in [0.25, 0.3) is 10.9 Å². The van der Waals surface area contributed by atoms with E-state index in [2.05, 4.69) is 9.47 Å². The van der Waals surface area contributed by atoms with Crippen molar-refractivity contribution in [2.45, 2.75) is 70.4 Å². The number of aryl methyl sites for hydroxylation is 1. The Morgan fingerprint density at radius 3 is 2.72 bits per heavy atom. The second-order valence-corrected chi connectivity index (χ2v) is 8.55. The second-order valence-electron chi connectivity index (χ2n) is 8.55. The monoisotopic (exact) mass is 398 g/mol. The molecule has 1 aliphatic carbocycles. The number of benzene rings is 1. The number of pyridine rings is 1. The van der Waals surface area contributed by atoms with Crippen LogP contribution in [0.15, 0.2) is 17.1 Å². The number of fused-ring (bicyclic) bond motifs is 5. The van der Waals surface area contributed by atoms with Gasteiger partial charge in [-0.15, -0.1) is 0 Å². The first-order valence-electron chi connectivity index (χ1n) is 10.9. The van der Waals surface area contributed by atoms with Crippen LogP contribution in [0.1, 0.15) is 73.8 Å². The predicted molar refractivity (Wildman–Crippen MR) is 110 cm³/mol. The molecule has 29 heavy (non-hydrogen) atoms. The Morgan fingerprint density at radius 1 is 1.17 bits per heavy atom. The van der Waals surface area contributed by atoms with Crippen molar-refractivity contribution in [1.29, 1.82) is 0 Å². The number of halogens is 1. The number of carbonyl (C=O) groups excluding carboxylic acids is 1. The molecule has 1 aromatic heterocycles. The summed E-state index contributed by atoms with van der Waals surface area (Å²) in [5.41, 5.74) is 2.06. The van der Waals surface area contributed by atoms with Crippen molar-refractivity contribution in [2.24, 2.45) is 0 Å². The van der Waals surface area contributed by atoms with E-state index in [0.29, 0.717) is 17.1 Å². The van der Waals surface area contributed by atoms with Gasteiger partial charge in [-0.1, -0.05) is 6.42 Å². The van der Waals surface area contributed by atoms with Gasteiger partial charge in [0.15, 0.2) is 0 Å². The van der Waals surface area contributed by atoms with E-state index in [1.165, 1.54) is 6.07 Å². The number of aromatic nitrogens is 1. The smallest absolute Gasteiger partial charge is 0.343 e. The maximum Gasteiger partial charge on any atom is 0.343 e. The molecule has 1 aromatic carbocycles. The topological polar surface area (TPSA) is 51.5 Å². The molecule has 1 saturated carbocycles. The van der Waals surface area contributed by atoms with Crippen LogP contribution in [0.3, 0.4) is 0 Å². The van der Waals surface area contributed by atoms with E-state index in [0.717, 1.165) is 69.0 Å². The van der Waals surface area contributed by atoms with E-state index >= 15 is 4.39 Å². The fourth-order valence-electron chi connectivity index (χ4n) is 5.21. The van der Waals surface area contributed by atoms with E-state index in [-0.39, 0.29) is 24.0 Å². The summed E-state index contributed by atoms with van der Waals surface area (Å²) in [6.07, 6.45) is 9.86. The number of ether oxygens (including phenoxy) is 1. The lowest BCUT2D eigenvalue weighted by Crippen LogP contribution is -2.32. The number of hydrogen-bond donors (Lipinski definition) is 0. The molecule has 0 spiro atoms. The molecule has 0 bridgehead atoms. The molecule has 3 heterocycles. The van der Waals surface area contributed by atoms with Gasteiger partial charge in [0.25, 0.3) is 0 Å². The number of hydrogen-bond acceptors (Lipinski definition) is 4. The van der Waals surface area contributed by atoms with E-state index in [1.807, 2.05) is 0 Å². The highest BCUT2D eigenvalue weighted by Crippen LogP contribution is 2.43. The van der Waals surface area contributed by atoms with E-state index < -0.39 is 11.4 Å². The number of carbonyl (C=O) groups is 1. The summed E-state index contributed by atoms with van der Waals surface area (Å²) in [5.74, 6) is -0.956.